The van der Waals surface area contributed by atoms with Gasteiger partial charge in [0.1, 0.15) is 18.1 Å². The van der Waals surface area contributed by atoms with E-state index in [1.54, 1.807) is 0 Å². The van der Waals surface area contributed by atoms with Gasteiger partial charge < -0.3 is 14.8 Å². The van der Waals surface area contributed by atoms with Gasteiger partial charge in [0.15, 0.2) is 0 Å². The molecule has 0 unspecified atom stereocenters. The summed E-state index contributed by atoms with van der Waals surface area (Å²) in [6.07, 6.45) is 2.00. The maximum absolute atomic E-state index is 12.6. The van der Waals surface area contributed by atoms with Crippen LogP contribution in [0.25, 0.3) is 0 Å². The molecule has 0 aromatic heterocycles. The minimum absolute atomic E-state index is 0.0622. The largest absolute Gasteiger partial charge is 0.493 e. The minimum Gasteiger partial charge on any atom is -0.493 e. The monoisotopic (exact) mass is 383 g/mol. The third-order valence-electron chi connectivity index (χ3n) is 4.65. The molecule has 0 saturated carbocycles. The summed E-state index contributed by atoms with van der Waals surface area (Å²) in [5, 5.41) is 3.05. The fraction of sp³-hybridized carbons (Fsp3) is 0.458. The molecule has 152 valence electrons. The van der Waals surface area contributed by atoms with Crippen molar-refractivity contribution < 1.29 is 14.3 Å². The van der Waals surface area contributed by atoms with Gasteiger partial charge in [-0.05, 0) is 56.0 Å². The van der Waals surface area contributed by atoms with Gasteiger partial charge in [0, 0.05) is 17.2 Å². The van der Waals surface area contributed by atoms with E-state index < -0.39 is 0 Å². The number of carbonyl (C=O) groups is 1. The molecule has 0 aliphatic rings. The summed E-state index contributed by atoms with van der Waals surface area (Å²) in [4.78, 5) is 12.6. The first kappa shape index (κ1) is 21.8. The zero-order valence-corrected chi connectivity index (χ0v) is 17.7. The van der Waals surface area contributed by atoms with Crippen molar-refractivity contribution in [2.75, 3.05) is 6.61 Å². The third-order valence-corrected chi connectivity index (χ3v) is 4.65. The molecule has 0 aliphatic heterocycles. The van der Waals surface area contributed by atoms with Crippen LogP contribution in [0.15, 0.2) is 42.5 Å². The lowest BCUT2D eigenvalue weighted by Gasteiger charge is -2.17. The summed E-state index contributed by atoms with van der Waals surface area (Å²) in [7, 11) is 0. The van der Waals surface area contributed by atoms with E-state index in [4.69, 9.17) is 9.47 Å². The van der Waals surface area contributed by atoms with Crippen molar-refractivity contribution in [3.8, 4) is 11.5 Å². The molecule has 0 spiro atoms. The zero-order chi connectivity index (χ0) is 20.5. The Balaban J connectivity index is 2.20. The minimum atomic E-state index is -0.0622. The maximum Gasteiger partial charge on any atom is 0.251 e. The van der Waals surface area contributed by atoms with Gasteiger partial charge in [-0.2, -0.15) is 0 Å². The topological polar surface area (TPSA) is 47.6 Å². The summed E-state index contributed by atoms with van der Waals surface area (Å²) < 4.78 is 11.9. The Labute approximate surface area is 169 Å². The molecule has 2 aromatic rings. The number of rotatable bonds is 10. The smallest absolute Gasteiger partial charge is 0.251 e. The van der Waals surface area contributed by atoms with E-state index in [2.05, 4.69) is 32.2 Å². The van der Waals surface area contributed by atoms with Gasteiger partial charge >= 0.3 is 0 Å². The zero-order valence-electron chi connectivity index (χ0n) is 17.7. The third kappa shape index (κ3) is 6.01. The first-order valence-corrected chi connectivity index (χ1v) is 10.2. The Hall–Kier alpha value is -2.49. The summed E-state index contributed by atoms with van der Waals surface area (Å²) in [5.74, 6) is 1.93. The van der Waals surface area contributed by atoms with Gasteiger partial charge in [-0.1, -0.05) is 45.4 Å². The van der Waals surface area contributed by atoms with Crippen LogP contribution in [0.5, 0.6) is 11.5 Å². The lowest BCUT2D eigenvalue weighted by Crippen LogP contribution is -2.32. The van der Waals surface area contributed by atoms with Gasteiger partial charge in [0.2, 0.25) is 0 Å². The van der Waals surface area contributed by atoms with Gasteiger partial charge in [-0.25, -0.2) is 0 Å². The Kier molecular flexibility index (Phi) is 8.37. The Morgan fingerprint density at radius 1 is 1.00 bits per heavy atom. The molecule has 2 aromatic carbocycles. The first-order valence-electron chi connectivity index (χ1n) is 10.2. The molecule has 0 fully saturated rings. The highest BCUT2D eigenvalue weighted by atomic mass is 16.5. The lowest BCUT2D eigenvalue weighted by atomic mass is 10.0. The molecule has 2 rings (SSSR count). The number of benzene rings is 2. The molecule has 0 saturated heterocycles. The van der Waals surface area contributed by atoms with E-state index in [0.717, 1.165) is 29.9 Å². The number of hydrogen-bond donors (Lipinski definition) is 1. The van der Waals surface area contributed by atoms with Crippen LogP contribution in [-0.2, 0) is 6.61 Å². The van der Waals surface area contributed by atoms with Crippen molar-refractivity contribution >= 4 is 5.91 Å². The standard InChI is InChI=1S/C24H33NO3/c1-6-10-18(5)25-24(26)19-13-14-22(27-7-2)20(15-19)16-28-23-12-9-8-11-21(23)17(3)4/h8-9,11-15,17-18H,6-7,10,16H2,1-5H3,(H,25,26)/t18-/m0/s1. The molecule has 0 radical (unpaired) electrons. The van der Waals surface area contributed by atoms with Crippen molar-refractivity contribution in [1.82, 2.24) is 5.32 Å². The van der Waals surface area contributed by atoms with Crippen LogP contribution in [-0.4, -0.2) is 18.6 Å². The first-order chi connectivity index (χ1) is 13.5. The van der Waals surface area contributed by atoms with Gasteiger partial charge in [0.25, 0.3) is 5.91 Å². The van der Waals surface area contributed by atoms with Crippen LogP contribution < -0.4 is 14.8 Å². The van der Waals surface area contributed by atoms with E-state index in [1.807, 2.05) is 50.2 Å². The van der Waals surface area contributed by atoms with E-state index in [9.17, 15) is 4.79 Å². The molecule has 0 bridgehead atoms. The molecule has 1 amide bonds. The average Bonchev–Trinajstić information content (AvgIpc) is 2.67. The molecule has 28 heavy (non-hydrogen) atoms. The summed E-state index contributed by atoms with van der Waals surface area (Å²) in [6.45, 7) is 11.3. The fourth-order valence-electron chi connectivity index (χ4n) is 3.19. The normalized spacial score (nSPS) is 11.9. The van der Waals surface area contributed by atoms with Gasteiger partial charge in [-0.15, -0.1) is 0 Å². The number of ether oxygens (including phenoxy) is 2. The summed E-state index contributed by atoms with van der Waals surface area (Å²) >= 11 is 0. The predicted octanol–water partition coefficient (Wildman–Crippen LogP) is 5.71. The van der Waals surface area contributed by atoms with E-state index >= 15 is 0 Å². The van der Waals surface area contributed by atoms with Crippen molar-refractivity contribution in [3.05, 3.63) is 59.2 Å². The molecule has 4 nitrogen and oxygen atoms in total. The fourth-order valence-corrected chi connectivity index (χ4v) is 3.19. The molecular formula is C24H33NO3. The second-order valence-corrected chi connectivity index (χ2v) is 7.40. The number of carbonyl (C=O) groups excluding carboxylic acids is 1. The maximum atomic E-state index is 12.6. The van der Waals surface area contributed by atoms with E-state index in [0.29, 0.717) is 24.7 Å². The molecule has 1 N–H and O–H groups in total. The molecular weight excluding hydrogens is 350 g/mol. The Morgan fingerprint density at radius 3 is 2.43 bits per heavy atom. The van der Waals surface area contributed by atoms with E-state index in [-0.39, 0.29) is 11.9 Å². The second kappa shape index (κ2) is 10.7. The van der Waals surface area contributed by atoms with Crippen molar-refractivity contribution in [3.63, 3.8) is 0 Å². The SMILES string of the molecule is CCC[C@H](C)NC(=O)c1ccc(OCC)c(COc2ccccc2C(C)C)c1. The summed E-state index contributed by atoms with van der Waals surface area (Å²) in [5.41, 5.74) is 2.67. The Morgan fingerprint density at radius 2 is 1.75 bits per heavy atom. The van der Waals surface area contributed by atoms with Crippen LogP contribution in [0, 0.1) is 0 Å². The molecule has 4 heteroatoms. The molecule has 0 heterocycles. The second-order valence-electron chi connectivity index (χ2n) is 7.40. The number of amides is 1. The highest BCUT2D eigenvalue weighted by molar-refractivity contribution is 5.94. The highest BCUT2D eigenvalue weighted by Crippen LogP contribution is 2.28. The quantitative estimate of drug-likeness (QED) is 0.572. The molecule has 0 aliphatic carbocycles. The average molecular weight is 384 g/mol. The summed E-state index contributed by atoms with van der Waals surface area (Å²) in [6, 6.07) is 13.8. The number of nitrogens with one attached hydrogen (secondary N) is 1. The van der Waals surface area contributed by atoms with E-state index in [1.165, 1.54) is 5.56 Å². The van der Waals surface area contributed by atoms with Crippen LogP contribution in [0.3, 0.4) is 0 Å². The van der Waals surface area contributed by atoms with Crippen molar-refractivity contribution in [2.45, 2.75) is 66.0 Å². The predicted molar refractivity (Wildman–Crippen MR) is 114 cm³/mol. The number of hydrogen-bond acceptors (Lipinski definition) is 3. The van der Waals surface area contributed by atoms with Gasteiger partial charge in [0.05, 0.1) is 6.61 Å². The van der Waals surface area contributed by atoms with Crippen LogP contribution in [0.1, 0.15) is 74.9 Å². The van der Waals surface area contributed by atoms with Gasteiger partial charge in [-0.3, -0.25) is 4.79 Å². The van der Waals surface area contributed by atoms with Crippen LogP contribution in [0.4, 0.5) is 0 Å². The van der Waals surface area contributed by atoms with Crippen LogP contribution >= 0.6 is 0 Å². The van der Waals surface area contributed by atoms with Crippen molar-refractivity contribution in [2.24, 2.45) is 0 Å². The molecule has 1 atom stereocenters. The number of para-hydroxylation sites is 1. The Bertz CT molecular complexity index is 770. The highest BCUT2D eigenvalue weighted by Gasteiger charge is 2.14. The lowest BCUT2D eigenvalue weighted by molar-refractivity contribution is 0.0938. The van der Waals surface area contributed by atoms with Crippen LogP contribution in [0.2, 0.25) is 0 Å². The van der Waals surface area contributed by atoms with Crippen molar-refractivity contribution in [1.29, 1.82) is 0 Å².